The number of hydrogen-bond donors (Lipinski definition) is 1. The van der Waals surface area contributed by atoms with Gasteiger partial charge in [-0.25, -0.2) is 0 Å². The van der Waals surface area contributed by atoms with Crippen LogP contribution in [0.1, 0.15) is 18.4 Å². The first-order chi connectivity index (χ1) is 16.5. The second-order valence-corrected chi connectivity index (χ2v) is 8.60. The monoisotopic (exact) mass is 458 g/mol. The van der Waals surface area contributed by atoms with E-state index in [1.54, 1.807) is 22.0 Å². The largest absolute Gasteiger partial charge is 0.351 e. The first-order valence-corrected chi connectivity index (χ1v) is 11.6. The summed E-state index contributed by atoms with van der Waals surface area (Å²) in [6.07, 6.45) is 6.04. The minimum Gasteiger partial charge on any atom is -0.351 e. The molecule has 0 bridgehead atoms. The Hall–Kier alpha value is -3.87. The summed E-state index contributed by atoms with van der Waals surface area (Å²) in [5.41, 5.74) is 1.14. The van der Waals surface area contributed by atoms with Crippen LogP contribution < -0.4 is 10.2 Å². The molecular weight excluding hydrogens is 428 g/mol. The summed E-state index contributed by atoms with van der Waals surface area (Å²) in [5.74, 6) is -0.329. The third kappa shape index (κ3) is 4.88. The van der Waals surface area contributed by atoms with Crippen LogP contribution in [0.4, 0.5) is 5.69 Å². The van der Waals surface area contributed by atoms with Crippen molar-refractivity contribution < 1.29 is 14.4 Å². The Balaban J connectivity index is 1.49. The summed E-state index contributed by atoms with van der Waals surface area (Å²) >= 11 is 0. The lowest BCUT2D eigenvalue weighted by Gasteiger charge is -2.43. The van der Waals surface area contributed by atoms with Gasteiger partial charge in [0.05, 0.1) is 6.67 Å². The highest BCUT2D eigenvalue weighted by Gasteiger charge is 2.54. The summed E-state index contributed by atoms with van der Waals surface area (Å²) in [7, 11) is 0. The van der Waals surface area contributed by atoms with E-state index in [4.69, 9.17) is 0 Å². The molecule has 2 aliphatic heterocycles. The highest BCUT2D eigenvalue weighted by molar-refractivity contribution is 5.97. The number of amides is 3. The summed E-state index contributed by atoms with van der Waals surface area (Å²) in [4.78, 5) is 44.2. The number of likely N-dealkylation sites (tertiary alicyclic amines) is 1. The lowest BCUT2D eigenvalue weighted by Crippen LogP contribution is -2.57. The minimum absolute atomic E-state index is 0.000213. The number of para-hydroxylation sites is 1. The number of carbonyl (C=O) groups is 3. The molecule has 3 amide bonds. The van der Waals surface area contributed by atoms with E-state index < -0.39 is 5.54 Å². The van der Waals surface area contributed by atoms with Crippen molar-refractivity contribution in [3.05, 3.63) is 85.0 Å². The lowest BCUT2D eigenvalue weighted by atomic mass is 9.85. The summed E-state index contributed by atoms with van der Waals surface area (Å²) in [6, 6.07) is 19.5. The van der Waals surface area contributed by atoms with Crippen molar-refractivity contribution in [1.29, 1.82) is 0 Å². The van der Waals surface area contributed by atoms with Gasteiger partial charge in [0, 0.05) is 31.4 Å². The molecule has 0 aromatic heterocycles. The van der Waals surface area contributed by atoms with Gasteiger partial charge in [-0.2, -0.15) is 0 Å². The van der Waals surface area contributed by atoms with Crippen LogP contribution in [0.3, 0.4) is 0 Å². The molecular formula is C27H30N4O3. The van der Waals surface area contributed by atoms with Crippen molar-refractivity contribution in [1.82, 2.24) is 15.1 Å². The summed E-state index contributed by atoms with van der Waals surface area (Å²) in [5, 5.41) is 2.75. The van der Waals surface area contributed by atoms with Crippen LogP contribution in [0.25, 0.3) is 6.08 Å². The Kier molecular flexibility index (Phi) is 7.11. The highest BCUT2D eigenvalue weighted by Crippen LogP contribution is 2.39. The molecule has 0 unspecified atom stereocenters. The van der Waals surface area contributed by atoms with Crippen LogP contribution in [-0.2, 0) is 14.4 Å². The number of nitrogens with zero attached hydrogens (tertiary/aromatic N) is 3. The van der Waals surface area contributed by atoms with Gasteiger partial charge in [0.25, 0.3) is 5.91 Å². The maximum absolute atomic E-state index is 13.6. The molecule has 2 aliphatic rings. The second-order valence-electron chi connectivity index (χ2n) is 8.60. The average molecular weight is 459 g/mol. The first-order valence-electron chi connectivity index (χ1n) is 11.6. The van der Waals surface area contributed by atoms with E-state index in [0.717, 1.165) is 11.3 Å². The molecule has 2 aromatic rings. The normalized spacial score (nSPS) is 17.4. The highest BCUT2D eigenvalue weighted by atomic mass is 16.2. The number of rotatable bonds is 7. The molecule has 2 aromatic carbocycles. The van der Waals surface area contributed by atoms with E-state index in [2.05, 4.69) is 16.8 Å². The maximum Gasteiger partial charge on any atom is 0.250 e. The van der Waals surface area contributed by atoms with Crippen LogP contribution in [0.15, 0.2) is 79.4 Å². The van der Waals surface area contributed by atoms with Crippen LogP contribution in [0.5, 0.6) is 0 Å². The number of hydrogen-bond acceptors (Lipinski definition) is 4. The van der Waals surface area contributed by atoms with Crippen LogP contribution in [0.2, 0.25) is 0 Å². The fourth-order valence-electron chi connectivity index (χ4n) is 4.67. The van der Waals surface area contributed by atoms with E-state index in [1.165, 1.54) is 0 Å². The molecule has 0 aliphatic carbocycles. The molecule has 4 rings (SSSR count). The van der Waals surface area contributed by atoms with Gasteiger partial charge in [-0.15, -0.1) is 6.58 Å². The Morgan fingerprint density at radius 2 is 1.65 bits per heavy atom. The molecule has 0 atom stereocenters. The number of anilines is 1. The quantitative estimate of drug-likeness (QED) is 0.512. The molecule has 34 heavy (non-hydrogen) atoms. The summed E-state index contributed by atoms with van der Waals surface area (Å²) in [6.45, 7) is 5.26. The molecule has 2 fully saturated rings. The molecule has 7 nitrogen and oxygen atoms in total. The van der Waals surface area contributed by atoms with Gasteiger partial charge in [-0.3, -0.25) is 14.4 Å². The van der Waals surface area contributed by atoms with Gasteiger partial charge in [-0.1, -0.05) is 54.6 Å². The Morgan fingerprint density at radius 3 is 2.29 bits per heavy atom. The summed E-state index contributed by atoms with van der Waals surface area (Å²) < 4.78 is 0. The Morgan fingerprint density at radius 1 is 1.00 bits per heavy atom. The van der Waals surface area contributed by atoms with E-state index in [0.29, 0.717) is 39.1 Å². The van der Waals surface area contributed by atoms with E-state index in [1.807, 2.05) is 66.7 Å². The number of nitrogens with one attached hydrogen (secondary N) is 1. The standard InChI is InChI=1S/C27H30N4O3/c1-2-17-28-24(32)20-30-21-31(23-11-7-4-8-12-23)27(26(30)34)15-18-29(19-16-27)25(33)14-13-22-9-5-3-6-10-22/h2-14H,1,15-21H2,(H,28,32)/b14-13+. The van der Waals surface area contributed by atoms with Crippen molar-refractivity contribution in [2.45, 2.75) is 18.4 Å². The van der Waals surface area contributed by atoms with Crippen LogP contribution in [-0.4, -0.2) is 65.9 Å². The van der Waals surface area contributed by atoms with E-state index in [-0.39, 0.29) is 24.3 Å². The maximum atomic E-state index is 13.6. The fraction of sp³-hybridized carbons (Fsp3) is 0.296. The van der Waals surface area contributed by atoms with E-state index in [9.17, 15) is 14.4 Å². The average Bonchev–Trinajstić information content (AvgIpc) is 3.13. The second kappa shape index (κ2) is 10.4. The van der Waals surface area contributed by atoms with Crippen LogP contribution in [0, 0.1) is 0 Å². The third-order valence-electron chi connectivity index (χ3n) is 6.48. The molecule has 7 heteroatoms. The van der Waals surface area contributed by atoms with Gasteiger partial charge < -0.3 is 20.0 Å². The third-order valence-corrected chi connectivity index (χ3v) is 6.48. The molecule has 0 saturated carbocycles. The lowest BCUT2D eigenvalue weighted by molar-refractivity contribution is -0.138. The van der Waals surface area contributed by atoms with Gasteiger partial charge in [0.2, 0.25) is 11.8 Å². The Bertz CT molecular complexity index is 1060. The van der Waals surface area contributed by atoms with Crippen molar-refractivity contribution in [3.63, 3.8) is 0 Å². The molecule has 0 radical (unpaired) electrons. The first kappa shape index (κ1) is 23.3. The SMILES string of the molecule is C=CCNC(=O)CN1CN(c2ccccc2)C2(CCN(C(=O)/C=C/c3ccccc3)CC2)C1=O. The predicted molar refractivity (Wildman–Crippen MR) is 133 cm³/mol. The number of benzene rings is 2. The predicted octanol–water partition coefficient (Wildman–Crippen LogP) is 2.67. The molecule has 2 saturated heterocycles. The molecule has 1 spiro atoms. The topological polar surface area (TPSA) is 73.0 Å². The van der Waals surface area contributed by atoms with Gasteiger partial charge in [0.1, 0.15) is 12.1 Å². The number of piperidine rings is 1. The zero-order chi connectivity index (χ0) is 24.0. The molecule has 176 valence electrons. The van der Waals surface area contributed by atoms with Gasteiger partial charge in [0.15, 0.2) is 0 Å². The smallest absolute Gasteiger partial charge is 0.250 e. The fourth-order valence-corrected chi connectivity index (χ4v) is 4.67. The van der Waals surface area contributed by atoms with Crippen molar-refractivity contribution in [2.75, 3.05) is 37.7 Å². The number of carbonyl (C=O) groups excluding carboxylic acids is 3. The molecule has 2 heterocycles. The molecule has 1 N–H and O–H groups in total. The van der Waals surface area contributed by atoms with Crippen molar-refractivity contribution >= 4 is 29.5 Å². The van der Waals surface area contributed by atoms with E-state index >= 15 is 0 Å². The van der Waals surface area contributed by atoms with Gasteiger partial charge in [-0.05, 0) is 36.6 Å². The zero-order valence-electron chi connectivity index (χ0n) is 19.2. The van der Waals surface area contributed by atoms with Gasteiger partial charge >= 0.3 is 0 Å². The van der Waals surface area contributed by atoms with Crippen molar-refractivity contribution in [3.8, 4) is 0 Å². The zero-order valence-corrected chi connectivity index (χ0v) is 19.2. The Labute approximate surface area is 200 Å². The minimum atomic E-state index is -0.764. The van der Waals surface area contributed by atoms with Crippen LogP contribution >= 0.6 is 0 Å². The van der Waals surface area contributed by atoms with Crippen molar-refractivity contribution in [2.24, 2.45) is 0 Å².